The number of aryl methyl sites for hydroxylation is 1. The molecule has 31 heavy (non-hydrogen) atoms. The van der Waals surface area contributed by atoms with Gasteiger partial charge >= 0.3 is 12.1 Å². The minimum absolute atomic E-state index is 0.0447. The Morgan fingerprint density at radius 3 is 2.39 bits per heavy atom. The third-order valence-corrected chi connectivity index (χ3v) is 5.71. The third kappa shape index (κ3) is 5.70. The van der Waals surface area contributed by atoms with Crippen molar-refractivity contribution in [1.82, 2.24) is 9.97 Å². The van der Waals surface area contributed by atoms with Crippen LogP contribution in [0.1, 0.15) is 18.4 Å². The van der Waals surface area contributed by atoms with Crippen LogP contribution in [0.4, 0.5) is 24.8 Å². The maximum atomic E-state index is 12.2. The van der Waals surface area contributed by atoms with Crippen molar-refractivity contribution in [1.29, 1.82) is 0 Å². The van der Waals surface area contributed by atoms with E-state index in [-0.39, 0.29) is 18.1 Å². The number of hydrogen-bond acceptors (Lipinski definition) is 7. The largest absolute Gasteiger partial charge is 0.490 e. The number of halogens is 3. The minimum Gasteiger partial charge on any atom is -0.475 e. The first-order chi connectivity index (χ1) is 14.6. The first-order valence-electron chi connectivity index (χ1n) is 9.40. The van der Waals surface area contributed by atoms with Crippen LogP contribution in [0.2, 0.25) is 0 Å². The second-order valence-electron chi connectivity index (χ2n) is 7.28. The maximum Gasteiger partial charge on any atom is 0.490 e. The number of anilines is 2. The van der Waals surface area contributed by atoms with Gasteiger partial charge in [-0.05, 0) is 36.8 Å². The van der Waals surface area contributed by atoms with E-state index < -0.39 is 12.1 Å². The molecule has 0 atom stereocenters. The number of carbonyl (C=O) groups excluding carboxylic acids is 1. The van der Waals surface area contributed by atoms with Crippen LogP contribution in [0.5, 0.6) is 0 Å². The van der Waals surface area contributed by atoms with Gasteiger partial charge < -0.3 is 19.6 Å². The topological polar surface area (TPSA) is 95.9 Å². The number of rotatable bonds is 2. The highest BCUT2D eigenvalue weighted by Crippen LogP contribution is 2.34. The predicted molar refractivity (Wildman–Crippen MR) is 107 cm³/mol. The van der Waals surface area contributed by atoms with Crippen molar-refractivity contribution in [2.45, 2.75) is 31.5 Å². The quantitative estimate of drug-likeness (QED) is 0.739. The Morgan fingerprint density at radius 1 is 1.26 bits per heavy atom. The number of piperidine rings is 1. The molecule has 12 heteroatoms. The molecule has 0 aliphatic carbocycles. The van der Waals surface area contributed by atoms with E-state index in [1.165, 1.54) is 0 Å². The van der Waals surface area contributed by atoms with Gasteiger partial charge in [-0.15, -0.1) is 0 Å². The zero-order valence-electron chi connectivity index (χ0n) is 16.6. The van der Waals surface area contributed by atoms with Gasteiger partial charge in [-0.3, -0.25) is 4.79 Å². The summed E-state index contributed by atoms with van der Waals surface area (Å²) in [6.45, 7) is 4.46. The molecule has 0 unspecified atom stereocenters. The van der Waals surface area contributed by atoms with E-state index in [1.54, 1.807) is 11.3 Å². The summed E-state index contributed by atoms with van der Waals surface area (Å²) in [5.74, 6) is -1.94. The normalized spacial score (nSPS) is 18.5. The predicted octanol–water partition coefficient (Wildman–Crippen LogP) is 2.88. The van der Waals surface area contributed by atoms with Crippen molar-refractivity contribution in [3.8, 4) is 0 Å². The lowest BCUT2D eigenvalue weighted by Gasteiger charge is -2.46. The second-order valence-corrected chi connectivity index (χ2v) is 8.06. The van der Waals surface area contributed by atoms with Gasteiger partial charge in [-0.1, -0.05) is 0 Å². The summed E-state index contributed by atoms with van der Waals surface area (Å²) in [4.78, 5) is 34.0. The molecular formula is C19H21F3N4O4S. The van der Waals surface area contributed by atoms with E-state index in [9.17, 15) is 18.0 Å². The van der Waals surface area contributed by atoms with Crippen LogP contribution in [-0.4, -0.2) is 65.0 Å². The zero-order chi connectivity index (χ0) is 22.6. The molecule has 2 saturated heterocycles. The summed E-state index contributed by atoms with van der Waals surface area (Å²) >= 11 is 1.61. The highest BCUT2D eigenvalue weighted by molar-refractivity contribution is 7.08. The first kappa shape index (κ1) is 22.9. The summed E-state index contributed by atoms with van der Waals surface area (Å²) in [5.41, 5.74) is 1.79. The van der Waals surface area contributed by atoms with Crippen molar-refractivity contribution in [2.75, 3.05) is 36.0 Å². The van der Waals surface area contributed by atoms with Crippen molar-refractivity contribution in [2.24, 2.45) is 0 Å². The molecule has 8 nitrogen and oxygen atoms in total. The fourth-order valence-electron chi connectivity index (χ4n) is 3.33. The molecule has 1 N–H and O–H groups in total. The molecule has 2 aliphatic rings. The number of carboxylic acids is 1. The Kier molecular flexibility index (Phi) is 6.80. The van der Waals surface area contributed by atoms with Crippen LogP contribution < -0.4 is 9.80 Å². The molecule has 2 aromatic rings. The lowest BCUT2D eigenvalue weighted by molar-refractivity contribution is -0.192. The molecule has 0 bridgehead atoms. The highest BCUT2D eigenvalue weighted by atomic mass is 32.1. The number of thiophene rings is 1. The average molecular weight is 458 g/mol. The molecule has 1 spiro atoms. The number of carbonyl (C=O) groups is 2. The number of nitrogens with zero attached hydrogens (tertiary/aromatic N) is 4. The van der Waals surface area contributed by atoms with Crippen molar-refractivity contribution in [3.05, 3.63) is 34.8 Å². The van der Waals surface area contributed by atoms with Crippen LogP contribution in [0.25, 0.3) is 0 Å². The Bertz CT molecular complexity index is 898. The number of aromatic nitrogens is 2. The standard InChI is InChI=1S/C17H20N4O2S.C2HF3O2/c1-13-8-18-16(19-9-13)20-5-3-17(4-6-20)12-21(15(22)10-23-17)14-2-7-24-11-14;3-2(4,5)1(6)7/h2,7-9,11H,3-6,10,12H2,1H3;(H,6,7). The monoisotopic (exact) mass is 458 g/mol. The number of ether oxygens (including phenoxy) is 1. The molecule has 2 aliphatic heterocycles. The Morgan fingerprint density at radius 2 is 1.87 bits per heavy atom. The van der Waals surface area contributed by atoms with Crippen molar-refractivity contribution >= 4 is 34.8 Å². The number of carboxylic acid groups (broad SMARTS) is 1. The lowest BCUT2D eigenvalue weighted by atomic mass is 9.89. The van der Waals surface area contributed by atoms with E-state index >= 15 is 0 Å². The van der Waals surface area contributed by atoms with Gasteiger partial charge in [0.05, 0.1) is 17.8 Å². The Balaban J connectivity index is 0.000000339. The molecule has 0 radical (unpaired) electrons. The van der Waals surface area contributed by atoms with Gasteiger partial charge in [0.1, 0.15) is 6.61 Å². The van der Waals surface area contributed by atoms with Crippen LogP contribution in [0, 0.1) is 6.92 Å². The SMILES string of the molecule is Cc1cnc(N2CCC3(CC2)CN(c2ccsc2)C(=O)CO3)nc1.O=C(O)C(F)(F)F. The van der Waals surface area contributed by atoms with E-state index in [0.29, 0.717) is 6.54 Å². The van der Waals surface area contributed by atoms with Gasteiger partial charge in [0.15, 0.2) is 0 Å². The van der Waals surface area contributed by atoms with E-state index in [2.05, 4.69) is 14.9 Å². The summed E-state index contributed by atoms with van der Waals surface area (Å²) in [6.07, 6.45) is 0.359. The van der Waals surface area contributed by atoms with Crippen molar-refractivity contribution in [3.63, 3.8) is 0 Å². The van der Waals surface area contributed by atoms with Gasteiger partial charge in [-0.2, -0.15) is 24.5 Å². The number of amides is 1. The zero-order valence-corrected chi connectivity index (χ0v) is 17.4. The first-order valence-corrected chi connectivity index (χ1v) is 10.3. The van der Waals surface area contributed by atoms with E-state index in [4.69, 9.17) is 14.6 Å². The number of hydrogen-bond donors (Lipinski definition) is 1. The molecule has 0 saturated carbocycles. The van der Waals surface area contributed by atoms with Crippen LogP contribution in [0.15, 0.2) is 29.2 Å². The summed E-state index contributed by atoms with van der Waals surface area (Å²) < 4.78 is 37.7. The molecule has 168 valence electrons. The molecule has 2 aromatic heterocycles. The molecule has 4 rings (SSSR count). The average Bonchev–Trinajstić information content (AvgIpc) is 3.26. The third-order valence-electron chi connectivity index (χ3n) is 5.03. The molecule has 4 heterocycles. The van der Waals surface area contributed by atoms with Crippen molar-refractivity contribution < 1.29 is 32.6 Å². The van der Waals surface area contributed by atoms with Crippen LogP contribution >= 0.6 is 11.3 Å². The van der Waals surface area contributed by atoms with E-state index in [0.717, 1.165) is 43.1 Å². The number of morpholine rings is 1. The number of alkyl halides is 3. The summed E-state index contributed by atoms with van der Waals surface area (Å²) in [7, 11) is 0. The van der Waals surface area contributed by atoms with E-state index in [1.807, 2.05) is 41.0 Å². The van der Waals surface area contributed by atoms with Gasteiger partial charge in [-0.25, -0.2) is 14.8 Å². The molecule has 2 fully saturated rings. The Labute approximate surface area is 180 Å². The lowest BCUT2D eigenvalue weighted by Crippen LogP contribution is -2.59. The summed E-state index contributed by atoms with van der Waals surface area (Å²) in [6, 6.07) is 2.00. The van der Waals surface area contributed by atoms with Gasteiger partial charge in [0, 0.05) is 30.9 Å². The molecule has 1 amide bonds. The number of aliphatic carboxylic acids is 1. The maximum absolute atomic E-state index is 12.2. The molecule has 0 aromatic carbocycles. The Hall–Kier alpha value is -2.73. The highest BCUT2D eigenvalue weighted by Gasteiger charge is 2.43. The second kappa shape index (κ2) is 9.18. The van der Waals surface area contributed by atoms with Gasteiger partial charge in [0.2, 0.25) is 5.95 Å². The van der Waals surface area contributed by atoms with Crippen LogP contribution in [0.3, 0.4) is 0 Å². The summed E-state index contributed by atoms with van der Waals surface area (Å²) in [5, 5.41) is 11.1. The van der Waals surface area contributed by atoms with Gasteiger partial charge in [0.25, 0.3) is 5.91 Å². The smallest absolute Gasteiger partial charge is 0.475 e. The molecular weight excluding hydrogens is 437 g/mol. The fraction of sp³-hybridized carbons (Fsp3) is 0.474. The minimum atomic E-state index is -5.08. The van der Waals surface area contributed by atoms with Crippen LogP contribution in [-0.2, 0) is 14.3 Å². The fourth-order valence-corrected chi connectivity index (χ4v) is 3.97.